The topological polar surface area (TPSA) is 49.7 Å². The number of ether oxygens (including phenoxy) is 1. The van der Waals surface area contributed by atoms with Gasteiger partial charge in [0.05, 0.1) is 17.7 Å². The fraction of sp³-hybridized carbons (Fsp3) is 0.400. The highest BCUT2D eigenvalue weighted by atomic mass is 79.9. The summed E-state index contributed by atoms with van der Waals surface area (Å²) in [5, 5.41) is 18.6. The third-order valence-electron chi connectivity index (χ3n) is 1.95. The summed E-state index contributed by atoms with van der Waals surface area (Å²) in [6.45, 7) is 1.56. The van der Waals surface area contributed by atoms with E-state index in [1.54, 1.807) is 6.92 Å². The van der Waals surface area contributed by atoms with E-state index in [1.807, 2.05) is 0 Å². The predicted octanol–water partition coefficient (Wildman–Crippen LogP) is 2.23. The summed E-state index contributed by atoms with van der Waals surface area (Å²) in [6.07, 6.45) is -0.506. The Bertz CT molecular complexity index is 366. The zero-order chi connectivity index (χ0) is 11.6. The molecule has 0 amide bonds. The first-order valence-corrected chi connectivity index (χ1v) is 5.18. The van der Waals surface area contributed by atoms with Gasteiger partial charge < -0.3 is 14.9 Å². The van der Waals surface area contributed by atoms with E-state index >= 15 is 0 Å². The minimum absolute atomic E-state index is 0.156. The van der Waals surface area contributed by atoms with E-state index in [0.717, 1.165) is 6.07 Å². The lowest BCUT2D eigenvalue weighted by atomic mass is 10.1. The van der Waals surface area contributed by atoms with E-state index in [-0.39, 0.29) is 17.9 Å². The van der Waals surface area contributed by atoms with Crippen LogP contribution >= 0.6 is 15.9 Å². The lowest BCUT2D eigenvalue weighted by Gasteiger charge is -2.13. The Hall–Kier alpha value is -0.810. The second-order valence-electron chi connectivity index (χ2n) is 3.26. The molecule has 5 heteroatoms. The van der Waals surface area contributed by atoms with Gasteiger partial charge in [-0.15, -0.1) is 0 Å². The summed E-state index contributed by atoms with van der Waals surface area (Å²) in [4.78, 5) is 0. The van der Waals surface area contributed by atoms with Crippen molar-refractivity contribution in [1.29, 1.82) is 0 Å². The molecule has 0 aliphatic rings. The molecule has 0 heterocycles. The van der Waals surface area contributed by atoms with Gasteiger partial charge in [0.15, 0.2) is 11.5 Å². The number of halogens is 2. The first kappa shape index (κ1) is 12.3. The van der Waals surface area contributed by atoms with Crippen molar-refractivity contribution in [3.8, 4) is 11.5 Å². The highest BCUT2D eigenvalue weighted by Crippen LogP contribution is 2.38. The average molecular weight is 279 g/mol. The Morgan fingerprint density at radius 3 is 2.67 bits per heavy atom. The molecular weight excluding hydrogens is 267 g/mol. The number of aromatic hydroxyl groups is 1. The van der Waals surface area contributed by atoms with Gasteiger partial charge >= 0.3 is 0 Å². The number of benzene rings is 1. The second kappa shape index (κ2) is 4.81. The van der Waals surface area contributed by atoms with Crippen LogP contribution in [0.5, 0.6) is 11.5 Å². The number of methoxy groups -OCH3 is 1. The van der Waals surface area contributed by atoms with Crippen LogP contribution in [-0.4, -0.2) is 23.4 Å². The van der Waals surface area contributed by atoms with Crippen LogP contribution in [0, 0.1) is 5.82 Å². The number of aliphatic hydroxyl groups is 1. The highest BCUT2D eigenvalue weighted by molar-refractivity contribution is 9.10. The number of rotatable bonds is 3. The van der Waals surface area contributed by atoms with Crippen molar-refractivity contribution in [3.63, 3.8) is 0 Å². The van der Waals surface area contributed by atoms with Crippen LogP contribution in [0.3, 0.4) is 0 Å². The standard InChI is InChI=1S/C10H12BrFO3/c1-5(13)3-6-7(12)4-8(14)10(15-2)9(6)11/h4-5,13-14H,3H2,1-2H3. The summed E-state index contributed by atoms with van der Waals surface area (Å²) in [6, 6.07) is 0.974. The maximum absolute atomic E-state index is 13.4. The molecular formula is C10H12BrFO3. The summed E-state index contributed by atoms with van der Waals surface area (Å²) in [5.41, 5.74) is 0.291. The number of hydrogen-bond acceptors (Lipinski definition) is 3. The number of phenols is 1. The maximum Gasteiger partial charge on any atom is 0.175 e. The number of hydrogen-bond donors (Lipinski definition) is 2. The third-order valence-corrected chi connectivity index (χ3v) is 2.79. The van der Waals surface area contributed by atoms with Gasteiger partial charge in [-0.1, -0.05) is 0 Å². The molecule has 0 aromatic heterocycles. The van der Waals surface area contributed by atoms with Crippen LogP contribution in [0.1, 0.15) is 12.5 Å². The molecule has 84 valence electrons. The van der Waals surface area contributed by atoms with Gasteiger partial charge in [0.2, 0.25) is 0 Å². The van der Waals surface area contributed by atoms with Gasteiger partial charge in [0.1, 0.15) is 5.82 Å². The van der Waals surface area contributed by atoms with Crippen LogP contribution < -0.4 is 4.74 Å². The Morgan fingerprint density at radius 1 is 1.60 bits per heavy atom. The minimum atomic E-state index is -0.662. The van der Waals surface area contributed by atoms with Crippen LogP contribution in [-0.2, 0) is 6.42 Å². The van der Waals surface area contributed by atoms with Gasteiger partial charge in [-0.05, 0) is 22.9 Å². The van der Waals surface area contributed by atoms with E-state index in [9.17, 15) is 14.6 Å². The van der Waals surface area contributed by atoms with Crippen molar-refractivity contribution in [2.45, 2.75) is 19.4 Å². The first-order chi connectivity index (χ1) is 6.97. The summed E-state index contributed by atoms with van der Waals surface area (Å²) < 4.78 is 18.7. The normalized spacial score (nSPS) is 12.6. The Balaban J connectivity index is 3.26. The fourth-order valence-corrected chi connectivity index (χ4v) is 2.02. The Kier molecular flexibility index (Phi) is 3.93. The largest absolute Gasteiger partial charge is 0.504 e. The summed E-state index contributed by atoms with van der Waals surface area (Å²) >= 11 is 3.14. The maximum atomic E-state index is 13.4. The molecule has 1 atom stereocenters. The summed E-state index contributed by atoms with van der Waals surface area (Å²) in [5.74, 6) is -0.663. The lowest BCUT2D eigenvalue weighted by Crippen LogP contribution is -2.07. The minimum Gasteiger partial charge on any atom is -0.504 e. The SMILES string of the molecule is COc1c(O)cc(F)c(CC(C)O)c1Br. The molecule has 2 N–H and O–H groups in total. The number of aliphatic hydroxyl groups excluding tert-OH is 1. The van der Waals surface area contributed by atoms with Gasteiger partial charge in [0, 0.05) is 18.1 Å². The molecule has 0 bridgehead atoms. The van der Waals surface area contributed by atoms with Crippen LogP contribution in [0.4, 0.5) is 4.39 Å². The van der Waals surface area contributed by atoms with Gasteiger partial charge in [-0.3, -0.25) is 0 Å². The lowest BCUT2D eigenvalue weighted by molar-refractivity contribution is 0.193. The van der Waals surface area contributed by atoms with Crippen molar-refractivity contribution < 1.29 is 19.3 Å². The molecule has 1 aromatic carbocycles. The van der Waals surface area contributed by atoms with Crippen molar-refractivity contribution in [2.75, 3.05) is 7.11 Å². The Labute approximate surface area is 95.6 Å². The van der Waals surface area contributed by atoms with Crippen molar-refractivity contribution in [3.05, 3.63) is 21.9 Å². The monoisotopic (exact) mass is 278 g/mol. The molecule has 0 saturated carbocycles. The van der Waals surface area contributed by atoms with Gasteiger partial charge in [-0.25, -0.2) is 4.39 Å². The zero-order valence-electron chi connectivity index (χ0n) is 8.42. The van der Waals surface area contributed by atoms with Crippen molar-refractivity contribution in [2.24, 2.45) is 0 Å². The van der Waals surface area contributed by atoms with E-state index < -0.39 is 11.9 Å². The average Bonchev–Trinajstić information content (AvgIpc) is 2.12. The van der Waals surface area contributed by atoms with E-state index in [1.165, 1.54) is 7.11 Å². The molecule has 0 spiro atoms. The van der Waals surface area contributed by atoms with Gasteiger partial charge in [0.25, 0.3) is 0 Å². The number of phenolic OH excluding ortho intramolecular Hbond substituents is 1. The zero-order valence-corrected chi connectivity index (χ0v) is 10.0. The predicted molar refractivity (Wildman–Crippen MR) is 57.7 cm³/mol. The van der Waals surface area contributed by atoms with Crippen LogP contribution in [0.2, 0.25) is 0 Å². The van der Waals surface area contributed by atoms with E-state index in [4.69, 9.17) is 4.74 Å². The molecule has 0 aliphatic carbocycles. The molecule has 0 aliphatic heterocycles. The molecule has 3 nitrogen and oxygen atoms in total. The van der Waals surface area contributed by atoms with Crippen LogP contribution in [0.25, 0.3) is 0 Å². The molecule has 0 fully saturated rings. The van der Waals surface area contributed by atoms with Crippen molar-refractivity contribution >= 4 is 15.9 Å². The molecule has 1 rings (SSSR count). The molecule has 0 radical (unpaired) electrons. The molecule has 0 saturated heterocycles. The molecule has 1 unspecified atom stereocenters. The fourth-order valence-electron chi connectivity index (χ4n) is 1.30. The molecule has 1 aromatic rings. The smallest absolute Gasteiger partial charge is 0.175 e. The second-order valence-corrected chi connectivity index (χ2v) is 4.05. The van der Waals surface area contributed by atoms with Crippen LogP contribution in [0.15, 0.2) is 10.5 Å². The quantitative estimate of drug-likeness (QED) is 0.892. The summed E-state index contributed by atoms with van der Waals surface area (Å²) in [7, 11) is 1.38. The third kappa shape index (κ3) is 2.60. The van der Waals surface area contributed by atoms with E-state index in [2.05, 4.69) is 15.9 Å². The highest BCUT2D eigenvalue weighted by Gasteiger charge is 2.17. The Morgan fingerprint density at radius 2 is 2.20 bits per heavy atom. The van der Waals surface area contributed by atoms with Gasteiger partial charge in [-0.2, -0.15) is 0 Å². The van der Waals surface area contributed by atoms with Crippen molar-refractivity contribution in [1.82, 2.24) is 0 Å². The van der Waals surface area contributed by atoms with E-state index in [0.29, 0.717) is 10.0 Å². The molecule has 15 heavy (non-hydrogen) atoms. The first-order valence-electron chi connectivity index (χ1n) is 4.39.